The van der Waals surface area contributed by atoms with Crippen LogP contribution < -0.4 is 11.1 Å². The number of nitrogens with one attached hydrogen (secondary N) is 1. The van der Waals surface area contributed by atoms with E-state index in [1.807, 2.05) is 7.05 Å². The summed E-state index contributed by atoms with van der Waals surface area (Å²) in [4.78, 5) is 4.21. The van der Waals surface area contributed by atoms with Gasteiger partial charge in [-0.25, -0.2) is 4.68 Å². The SMILES string of the molecule is Cn1nc(CC2CCCNC2)nc1N. The summed E-state index contributed by atoms with van der Waals surface area (Å²) in [6, 6.07) is 0. The van der Waals surface area contributed by atoms with Crippen molar-refractivity contribution < 1.29 is 0 Å². The first-order valence-electron chi connectivity index (χ1n) is 5.12. The Kier molecular flexibility index (Phi) is 2.67. The van der Waals surface area contributed by atoms with Gasteiger partial charge < -0.3 is 11.1 Å². The quantitative estimate of drug-likeness (QED) is 0.693. The van der Waals surface area contributed by atoms with E-state index in [0.717, 1.165) is 25.3 Å². The highest BCUT2D eigenvalue weighted by molar-refractivity contribution is 5.15. The number of rotatable bonds is 2. The number of hydrogen-bond donors (Lipinski definition) is 2. The Bertz CT molecular complexity index is 281. The molecule has 3 N–H and O–H groups in total. The third kappa shape index (κ3) is 2.04. The Hall–Kier alpha value is -1.10. The molecule has 0 bridgehead atoms. The molecule has 1 aliphatic rings. The zero-order valence-corrected chi connectivity index (χ0v) is 8.53. The Labute approximate surface area is 83.7 Å². The van der Waals surface area contributed by atoms with Crippen LogP contribution in [0.25, 0.3) is 0 Å². The number of aromatic nitrogens is 3. The standard InChI is InChI=1S/C9H17N5/c1-14-9(10)12-8(13-14)5-7-3-2-4-11-6-7/h7,11H,2-6H2,1H3,(H2,10,12,13). The molecule has 5 heteroatoms. The number of nitrogens with two attached hydrogens (primary N) is 1. The van der Waals surface area contributed by atoms with E-state index in [1.54, 1.807) is 4.68 Å². The lowest BCUT2D eigenvalue weighted by Crippen LogP contribution is -2.31. The highest BCUT2D eigenvalue weighted by Crippen LogP contribution is 2.14. The van der Waals surface area contributed by atoms with Gasteiger partial charge in [-0.1, -0.05) is 0 Å². The molecule has 1 unspecified atom stereocenters. The van der Waals surface area contributed by atoms with E-state index in [2.05, 4.69) is 15.4 Å². The molecule has 0 spiro atoms. The zero-order chi connectivity index (χ0) is 9.97. The number of hydrogen-bond acceptors (Lipinski definition) is 4. The minimum absolute atomic E-state index is 0.503. The van der Waals surface area contributed by atoms with Gasteiger partial charge in [0.1, 0.15) is 0 Å². The molecule has 0 aliphatic carbocycles. The fourth-order valence-electron chi connectivity index (χ4n) is 1.89. The van der Waals surface area contributed by atoms with E-state index >= 15 is 0 Å². The predicted octanol–water partition coefficient (Wildman–Crippen LogP) is -0.0606. The molecule has 0 amide bonds. The Balaban J connectivity index is 1.95. The van der Waals surface area contributed by atoms with Gasteiger partial charge in [0, 0.05) is 13.5 Å². The smallest absolute Gasteiger partial charge is 0.218 e. The number of piperidine rings is 1. The predicted molar refractivity (Wildman–Crippen MR) is 54.7 cm³/mol. The van der Waals surface area contributed by atoms with Crippen LogP contribution in [0.15, 0.2) is 0 Å². The topological polar surface area (TPSA) is 68.8 Å². The van der Waals surface area contributed by atoms with Crippen LogP contribution in [-0.2, 0) is 13.5 Å². The number of anilines is 1. The van der Waals surface area contributed by atoms with Crippen molar-refractivity contribution in [3.8, 4) is 0 Å². The fourth-order valence-corrected chi connectivity index (χ4v) is 1.89. The molecule has 14 heavy (non-hydrogen) atoms. The second-order valence-electron chi connectivity index (χ2n) is 3.93. The average molecular weight is 195 g/mol. The van der Waals surface area contributed by atoms with Gasteiger partial charge in [0.05, 0.1) is 0 Å². The van der Waals surface area contributed by atoms with E-state index in [4.69, 9.17) is 5.73 Å². The first-order chi connectivity index (χ1) is 6.75. The highest BCUT2D eigenvalue weighted by Gasteiger charge is 2.16. The van der Waals surface area contributed by atoms with Crippen LogP contribution >= 0.6 is 0 Å². The summed E-state index contributed by atoms with van der Waals surface area (Å²) >= 11 is 0. The molecule has 78 valence electrons. The molecule has 1 saturated heterocycles. The summed E-state index contributed by atoms with van der Waals surface area (Å²) in [7, 11) is 1.82. The van der Waals surface area contributed by atoms with Gasteiger partial charge in [0.15, 0.2) is 5.82 Å². The lowest BCUT2D eigenvalue weighted by molar-refractivity contribution is 0.370. The third-order valence-corrected chi connectivity index (χ3v) is 2.71. The number of nitrogen functional groups attached to an aromatic ring is 1. The summed E-state index contributed by atoms with van der Waals surface area (Å²) in [6.45, 7) is 2.23. The monoisotopic (exact) mass is 195 g/mol. The first-order valence-corrected chi connectivity index (χ1v) is 5.12. The van der Waals surface area contributed by atoms with Crippen molar-refractivity contribution in [2.24, 2.45) is 13.0 Å². The Morgan fingerprint density at radius 2 is 2.50 bits per heavy atom. The molecular weight excluding hydrogens is 178 g/mol. The van der Waals surface area contributed by atoms with Crippen LogP contribution in [-0.4, -0.2) is 27.9 Å². The van der Waals surface area contributed by atoms with Gasteiger partial charge in [0.2, 0.25) is 5.95 Å². The molecule has 1 aromatic heterocycles. The van der Waals surface area contributed by atoms with Crippen molar-refractivity contribution >= 4 is 5.95 Å². The molecule has 1 fully saturated rings. The van der Waals surface area contributed by atoms with Crippen molar-refractivity contribution in [3.63, 3.8) is 0 Å². The summed E-state index contributed by atoms with van der Waals surface area (Å²) < 4.78 is 1.63. The third-order valence-electron chi connectivity index (χ3n) is 2.71. The summed E-state index contributed by atoms with van der Waals surface area (Å²) in [5.41, 5.74) is 5.62. The van der Waals surface area contributed by atoms with E-state index in [1.165, 1.54) is 12.8 Å². The van der Waals surface area contributed by atoms with Gasteiger partial charge >= 0.3 is 0 Å². The van der Waals surface area contributed by atoms with Gasteiger partial charge in [-0.05, 0) is 31.8 Å². The number of aryl methyl sites for hydroxylation is 1. The second kappa shape index (κ2) is 3.96. The summed E-state index contributed by atoms with van der Waals surface area (Å²) in [5, 5.41) is 7.64. The van der Waals surface area contributed by atoms with Crippen molar-refractivity contribution in [1.82, 2.24) is 20.1 Å². The van der Waals surface area contributed by atoms with E-state index in [0.29, 0.717) is 11.9 Å². The van der Waals surface area contributed by atoms with Crippen LogP contribution in [0.5, 0.6) is 0 Å². The zero-order valence-electron chi connectivity index (χ0n) is 8.53. The fraction of sp³-hybridized carbons (Fsp3) is 0.778. The van der Waals surface area contributed by atoms with Crippen LogP contribution in [0.1, 0.15) is 18.7 Å². The van der Waals surface area contributed by atoms with Crippen LogP contribution in [0.3, 0.4) is 0 Å². The van der Waals surface area contributed by atoms with Crippen molar-refractivity contribution in [3.05, 3.63) is 5.82 Å². The van der Waals surface area contributed by atoms with Crippen molar-refractivity contribution in [1.29, 1.82) is 0 Å². The largest absolute Gasteiger partial charge is 0.368 e. The molecule has 2 heterocycles. The maximum atomic E-state index is 5.62. The minimum atomic E-state index is 0.503. The molecule has 5 nitrogen and oxygen atoms in total. The van der Waals surface area contributed by atoms with Gasteiger partial charge in [0.25, 0.3) is 0 Å². The number of nitrogens with zero attached hydrogens (tertiary/aromatic N) is 3. The van der Waals surface area contributed by atoms with Gasteiger partial charge in [-0.3, -0.25) is 0 Å². The van der Waals surface area contributed by atoms with E-state index in [9.17, 15) is 0 Å². The Morgan fingerprint density at radius 3 is 3.07 bits per heavy atom. The van der Waals surface area contributed by atoms with Crippen LogP contribution in [0.4, 0.5) is 5.95 Å². The van der Waals surface area contributed by atoms with Crippen molar-refractivity contribution in [2.75, 3.05) is 18.8 Å². The maximum absolute atomic E-state index is 5.62. The van der Waals surface area contributed by atoms with Crippen LogP contribution in [0, 0.1) is 5.92 Å². The average Bonchev–Trinajstić information content (AvgIpc) is 2.47. The van der Waals surface area contributed by atoms with Crippen molar-refractivity contribution in [2.45, 2.75) is 19.3 Å². The molecule has 1 aliphatic heterocycles. The molecule has 0 radical (unpaired) electrons. The van der Waals surface area contributed by atoms with Gasteiger partial charge in [-0.2, -0.15) is 10.1 Å². The van der Waals surface area contributed by atoms with Gasteiger partial charge in [-0.15, -0.1) is 0 Å². The molecule has 2 rings (SSSR count). The molecule has 0 aromatic carbocycles. The minimum Gasteiger partial charge on any atom is -0.368 e. The molecule has 1 atom stereocenters. The highest BCUT2D eigenvalue weighted by atomic mass is 15.4. The molecule has 1 aromatic rings. The summed E-state index contributed by atoms with van der Waals surface area (Å²) in [6.07, 6.45) is 3.47. The first kappa shape index (κ1) is 9.45. The summed E-state index contributed by atoms with van der Waals surface area (Å²) in [5.74, 6) is 2.05. The normalized spacial score (nSPS) is 22.5. The van der Waals surface area contributed by atoms with E-state index < -0.39 is 0 Å². The Morgan fingerprint density at radius 1 is 1.64 bits per heavy atom. The van der Waals surface area contributed by atoms with Crippen LogP contribution in [0.2, 0.25) is 0 Å². The lowest BCUT2D eigenvalue weighted by Gasteiger charge is -2.21. The molecular formula is C9H17N5. The lowest BCUT2D eigenvalue weighted by atomic mass is 9.96. The second-order valence-corrected chi connectivity index (χ2v) is 3.93. The van der Waals surface area contributed by atoms with E-state index in [-0.39, 0.29) is 0 Å². The molecule has 0 saturated carbocycles. The maximum Gasteiger partial charge on any atom is 0.218 e.